The molecule has 0 N–H and O–H groups in total. The van der Waals surface area contributed by atoms with E-state index < -0.39 is 0 Å². The highest BCUT2D eigenvalue weighted by Crippen LogP contribution is 2.04. The van der Waals surface area contributed by atoms with Crippen LogP contribution in [0.15, 0.2) is 40.5 Å². The van der Waals surface area contributed by atoms with Crippen molar-refractivity contribution in [3.8, 4) is 6.07 Å². The van der Waals surface area contributed by atoms with Crippen LogP contribution in [0.4, 0.5) is 0 Å². The van der Waals surface area contributed by atoms with Gasteiger partial charge in [-0.05, 0) is 12.2 Å². The van der Waals surface area contributed by atoms with Crippen molar-refractivity contribution in [2.24, 2.45) is 4.99 Å². The minimum atomic E-state index is 0.718. The molecule has 0 saturated heterocycles. The Bertz CT molecular complexity index is 243. The highest BCUT2D eigenvalue weighted by atomic mass is 79.9. The second-order valence-corrected chi connectivity index (χ2v) is 2.41. The largest absolute Gasteiger partial charge is 0.265 e. The lowest BCUT2D eigenvalue weighted by Gasteiger charge is -1.79. The molecule has 0 fully saturated rings. The lowest BCUT2D eigenvalue weighted by atomic mass is 10.4. The van der Waals surface area contributed by atoms with E-state index in [-0.39, 0.29) is 0 Å². The van der Waals surface area contributed by atoms with Gasteiger partial charge in [0, 0.05) is 23.0 Å². The minimum absolute atomic E-state index is 0.718. The van der Waals surface area contributed by atoms with Crippen molar-refractivity contribution in [2.45, 2.75) is 0 Å². The van der Waals surface area contributed by atoms with Gasteiger partial charge in [-0.2, -0.15) is 5.26 Å². The summed E-state index contributed by atoms with van der Waals surface area (Å²) in [5.41, 5.74) is 0. The van der Waals surface area contributed by atoms with E-state index in [1.54, 1.807) is 18.4 Å². The van der Waals surface area contributed by atoms with Crippen molar-refractivity contribution in [2.75, 3.05) is 0 Å². The fraction of sp³-hybridized carbons (Fsp3) is 0. The number of nitriles is 1. The maximum atomic E-state index is 8.20. The Kier molecular flexibility index (Phi) is 6.25. The molecule has 0 amide bonds. The van der Waals surface area contributed by atoms with Crippen molar-refractivity contribution < 1.29 is 0 Å². The second-order valence-electron chi connectivity index (χ2n) is 1.50. The van der Waals surface area contributed by atoms with Gasteiger partial charge in [-0.15, -0.1) is 0 Å². The van der Waals surface area contributed by atoms with Gasteiger partial charge < -0.3 is 0 Å². The van der Waals surface area contributed by atoms with Crippen molar-refractivity contribution in [3.63, 3.8) is 0 Å². The minimum Gasteiger partial charge on any atom is -0.265 e. The van der Waals surface area contributed by atoms with Gasteiger partial charge in [0.1, 0.15) is 0 Å². The van der Waals surface area contributed by atoms with Gasteiger partial charge in [-0.3, -0.25) is 4.99 Å². The summed E-state index contributed by atoms with van der Waals surface area (Å²) in [6.07, 6.45) is 7.83. The Morgan fingerprint density at radius 2 is 2.36 bits per heavy atom. The van der Waals surface area contributed by atoms with Crippen molar-refractivity contribution >= 4 is 22.1 Å². The monoisotopic (exact) mass is 210 g/mol. The van der Waals surface area contributed by atoms with E-state index >= 15 is 0 Å². The predicted octanol–water partition coefficient (Wildman–Crippen LogP) is 2.56. The summed E-state index contributed by atoms with van der Waals surface area (Å²) in [6, 6.07) is 1.88. The maximum Gasteiger partial charge on any atom is 0.0923 e. The first-order chi connectivity index (χ1) is 5.31. The normalized spacial score (nSPS) is 12.2. The summed E-state index contributed by atoms with van der Waals surface area (Å²) < 4.78 is 0.718. The van der Waals surface area contributed by atoms with Crippen LogP contribution in [0.25, 0.3) is 0 Å². The average molecular weight is 211 g/mol. The van der Waals surface area contributed by atoms with E-state index in [9.17, 15) is 0 Å². The van der Waals surface area contributed by atoms with Crippen LogP contribution in [0.2, 0.25) is 0 Å². The second kappa shape index (κ2) is 6.97. The number of nitrogens with zero attached hydrogens (tertiary/aromatic N) is 2. The zero-order valence-corrected chi connectivity index (χ0v) is 7.45. The maximum absolute atomic E-state index is 8.20. The van der Waals surface area contributed by atoms with Crippen molar-refractivity contribution in [1.82, 2.24) is 0 Å². The molecular formula is C8H7BrN2. The number of halogens is 1. The third-order valence-electron chi connectivity index (χ3n) is 0.735. The van der Waals surface area contributed by atoms with Crippen LogP contribution >= 0.6 is 15.9 Å². The quantitative estimate of drug-likeness (QED) is 0.401. The van der Waals surface area contributed by atoms with Gasteiger partial charge in [0.15, 0.2) is 0 Å². The molecule has 0 unspecified atom stereocenters. The first kappa shape index (κ1) is 9.86. The third-order valence-corrected chi connectivity index (χ3v) is 1.23. The van der Waals surface area contributed by atoms with E-state index in [1.807, 2.05) is 6.07 Å². The number of allylic oxidation sites excluding steroid dienone is 4. The summed E-state index contributed by atoms with van der Waals surface area (Å²) in [6.45, 7) is 3.40. The van der Waals surface area contributed by atoms with Crippen LogP contribution in [-0.4, -0.2) is 6.21 Å². The SMILES string of the molecule is C=C/N=C/C=C\C(Br)=C\C#N. The topological polar surface area (TPSA) is 36.1 Å². The van der Waals surface area contributed by atoms with Gasteiger partial charge in [0.05, 0.1) is 6.07 Å². The van der Waals surface area contributed by atoms with E-state index in [1.165, 1.54) is 12.3 Å². The zero-order valence-electron chi connectivity index (χ0n) is 5.87. The molecule has 56 valence electrons. The van der Waals surface area contributed by atoms with Gasteiger partial charge in [0.2, 0.25) is 0 Å². The molecule has 0 aliphatic carbocycles. The molecule has 0 radical (unpaired) electrons. The number of hydrogen-bond acceptors (Lipinski definition) is 2. The number of aliphatic imine (C=N–C) groups is 1. The first-order valence-corrected chi connectivity index (χ1v) is 3.66. The smallest absolute Gasteiger partial charge is 0.0923 e. The Hall–Kier alpha value is -1.14. The van der Waals surface area contributed by atoms with Crippen LogP contribution in [0, 0.1) is 11.3 Å². The van der Waals surface area contributed by atoms with Crippen LogP contribution in [0.3, 0.4) is 0 Å². The van der Waals surface area contributed by atoms with E-state index in [0.717, 1.165) is 4.48 Å². The Morgan fingerprint density at radius 3 is 2.91 bits per heavy atom. The molecular weight excluding hydrogens is 204 g/mol. The van der Waals surface area contributed by atoms with Crippen LogP contribution in [0.1, 0.15) is 0 Å². The number of hydrogen-bond donors (Lipinski definition) is 0. The summed E-state index contributed by atoms with van der Waals surface area (Å²) in [5, 5.41) is 8.20. The van der Waals surface area contributed by atoms with Crippen molar-refractivity contribution in [3.05, 3.63) is 35.5 Å². The molecule has 2 nitrogen and oxygen atoms in total. The van der Waals surface area contributed by atoms with Crippen LogP contribution < -0.4 is 0 Å². The molecule has 0 aliphatic heterocycles. The third kappa shape index (κ3) is 6.75. The molecule has 0 aromatic carbocycles. The van der Waals surface area contributed by atoms with Crippen LogP contribution in [-0.2, 0) is 0 Å². The lowest BCUT2D eigenvalue weighted by Crippen LogP contribution is -1.63. The van der Waals surface area contributed by atoms with Crippen molar-refractivity contribution in [1.29, 1.82) is 5.26 Å². The Balaban J connectivity index is 3.95. The Labute approximate surface area is 74.4 Å². The van der Waals surface area contributed by atoms with E-state index in [4.69, 9.17) is 5.26 Å². The Morgan fingerprint density at radius 1 is 1.64 bits per heavy atom. The molecule has 3 heteroatoms. The molecule has 0 aromatic heterocycles. The van der Waals surface area contributed by atoms with Gasteiger partial charge in [-0.1, -0.05) is 22.5 Å². The molecule has 11 heavy (non-hydrogen) atoms. The number of rotatable bonds is 3. The lowest BCUT2D eigenvalue weighted by molar-refractivity contribution is 1.53. The van der Waals surface area contributed by atoms with E-state index in [2.05, 4.69) is 27.5 Å². The molecule has 0 aliphatic rings. The summed E-state index contributed by atoms with van der Waals surface area (Å²) in [7, 11) is 0. The summed E-state index contributed by atoms with van der Waals surface area (Å²) in [4.78, 5) is 3.72. The first-order valence-electron chi connectivity index (χ1n) is 2.87. The fourth-order valence-electron chi connectivity index (χ4n) is 0.355. The highest BCUT2D eigenvalue weighted by molar-refractivity contribution is 9.11. The van der Waals surface area contributed by atoms with E-state index in [0.29, 0.717) is 0 Å². The average Bonchev–Trinajstić information content (AvgIpc) is 1.99. The van der Waals surface area contributed by atoms with Gasteiger partial charge in [-0.25, -0.2) is 0 Å². The summed E-state index contributed by atoms with van der Waals surface area (Å²) in [5.74, 6) is 0. The summed E-state index contributed by atoms with van der Waals surface area (Å²) >= 11 is 3.15. The standard InChI is InChI=1S/C8H7BrN2/c1-2-11-7-3-4-8(9)5-6-10/h2-5,7H,1H2/b4-3-,8-5-,11-7+. The zero-order chi connectivity index (χ0) is 8.53. The highest BCUT2D eigenvalue weighted by Gasteiger charge is 1.78. The molecule has 0 heterocycles. The van der Waals surface area contributed by atoms with Gasteiger partial charge >= 0.3 is 0 Å². The predicted molar refractivity (Wildman–Crippen MR) is 50.5 cm³/mol. The molecule has 0 atom stereocenters. The molecule has 0 rings (SSSR count). The molecule has 0 saturated carbocycles. The molecule has 0 aromatic rings. The van der Waals surface area contributed by atoms with Gasteiger partial charge in [0.25, 0.3) is 0 Å². The van der Waals surface area contributed by atoms with Crippen LogP contribution in [0.5, 0.6) is 0 Å². The fourth-order valence-corrected chi connectivity index (χ4v) is 0.610. The molecule has 0 bridgehead atoms. The molecule has 0 spiro atoms.